The van der Waals surface area contributed by atoms with Gasteiger partial charge in [0.2, 0.25) is 0 Å². The first-order chi connectivity index (χ1) is 8.01. The molecule has 0 atom stereocenters. The molecule has 92 valence electrons. The van der Waals surface area contributed by atoms with E-state index in [0.717, 1.165) is 0 Å². The van der Waals surface area contributed by atoms with Gasteiger partial charge in [-0.25, -0.2) is 4.79 Å². The Morgan fingerprint density at radius 3 is 2.65 bits per heavy atom. The molecule has 0 unspecified atom stereocenters. The summed E-state index contributed by atoms with van der Waals surface area (Å²) in [4.78, 5) is 22.0. The van der Waals surface area contributed by atoms with E-state index in [2.05, 4.69) is 15.9 Å². The predicted molar refractivity (Wildman–Crippen MR) is 66.4 cm³/mol. The van der Waals surface area contributed by atoms with Gasteiger partial charge in [0.15, 0.2) is 0 Å². The molecule has 1 aromatic carbocycles. The number of alkyl halides is 1. The molecule has 1 rings (SSSR count). The van der Waals surface area contributed by atoms with E-state index >= 15 is 0 Å². The molecular weight excluding hydrogens is 290 g/mol. The Bertz CT molecular complexity index is 459. The van der Waals surface area contributed by atoms with Crippen molar-refractivity contribution in [2.24, 2.45) is 0 Å². The number of carbonyl (C=O) groups excluding carboxylic acids is 1. The van der Waals surface area contributed by atoms with E-state index in [1.165, 1.54) is 12.1 Å². The smallest absolute Gasteiger partial charge is 0.338 e. The highest BCUT2D eigenvalue weighted by molar-refractivity contribution is 9.08. The molecule has 17 heavy (non-hydrogen) atoms. The first-order valence-electron chi connectivity index (χ1n) is 5.02. The van der Waals surface area contributed by atoms with Crippen LogP contribution in [0.4, 0.5) is 5.69 Å². The lowest BCUT2D eigenvalue weighted by atomic mass is 10.0. The van der Waals surface area contributed by atoms with Crippen LogP contribution in [0, 0.1) is 17.0 Å². The molecule has 6 heteroatoms. The number of carbonyl (C=O) groups is 1. The monoisotopic (exact) mass is 301 g/mol. The van der Waals surface area contributed by atoms with Gasteiger partial charge in [-0.15, -0.1) is 0 Å². The van der Waals surface area contributed by atoms with Crippen molar-refractivity contribution in [1.29, 1.82) is 0 Å². The molecule has 0 amide bonds. The van der Waals surface area contributed by atoms with Crippen LogP contribution >= 0.6 is 15.9 Å². The SMILES string of the molecule is CCOC(=O)c1cc(C)c([N+](=O)[O-])cc1CBr. The highest BCUT2D eigenvalue weighted by Gasteiger charge is 2.19. The van der Waals surface area contributed by atoms with E-state index in [9.17, 15) is 14.9 Å². The van der Waals surface area contributed by atoms with Crippen molar-refractivity contribution in [2.75, 3.05) is 6.61 Å². The zero-order valence-electron chi connectivity index (χ0n) is 9.53. The summed E-state index contributed by atoms with van der Waals surface area (Å²) in [5, 5.41) is 11.1. The number of hydrogen-bond acceptors (Lipinski definition) is 4. The lowest BCUT2D eigenvalue weighted by Gasteiger charge is -2.08. The van der Waals surface area contributed by atoms with E-state index in [0.29, 0.717) is 22.0 Å². The van der Waals surface area contributed by atoms with E-state index in [1.807, 2.05) is 0 Å². The van der Waals surface area contributed by atoms with Crippen molar-refractivity contribution in [3.63, 3.8) is 0 Å². The van der Waals surface area contributed by atoms with Gasteiger partial charge in [-0.3, -0.25) is 10.1 Å². The quantitative estimate of drug-likeness (QED) is 0.371. The number of halogens is 1. The highest BCUT2D eigenvalue weighted by Crippen LogP contribution is 2.25. The van der Waals surface area contributed by atoms with Gasteiger partial charge in [-0.05, 0) is 25.5 Å². The summed E-state index contributed by atoms with van der Waals surface area (Å²) in [6.45, 7) is 3.58. The number of nitro groups is 1. The Hall–Kier alpha value is -1.43. The minimum Gasteiger partial charge on any atom is -0.462 e. The van der Waals surface area contributed by atoms with Crippen molar-refractivity contribution >= 4 is 27.6 Å². The van der Waals surface area contributed by atoms with Crippen LogP contribution in [-0.2, 0) is 10.1 Å². The summed E-state index contributed by atoms with van der Waals surface area (Å²) in [5.41, 5.74) is 1.38. The fraction of sp³-hybridized carbons (Fsp3) is 0.364. The molecule has 0 saturated carbocycles. The topological polar surface area (TPSA) is 69.4 Å². The third-order valence-electron chi connectivity index (χ3n) is 2.26. The molecular formula is C11H12BrNO4. The number of hydrogen-bond donors (Lipinski definition) is 0. The standard InChI is InChI=1S/C11H12BrNO4/c1-3-17-11(14)9-4-7(2)10(13(15)16)5-8(9)6-12/h4-5H,3,6H2,1-2H3. The van der Waals surface area contributed by atoms with Gasteiger partial charge in [0, 0.05) is 17.0 Å². The van der Waals surface area contributed by atoms with Crippen LogP contribution in [0.2, 0.25) is 0 Å². The van der Waals surface area contributed by atoms with Crippen molar-refractivity contribution in [3.8, 4) is 0 Å². The number of ether oxygens (including phenoxy) is 1. The van der Waals surface area contributed by atoms with Crippen LogP contribution in [0.25, 0.3) is 0 Å². The van der Waals surface area contributed by atoms with Gasteiger partial charge in [-0.2, -0.15) is 0 Å². The Morgan fingerprint density at radius 2 is 2.18 bits per heavy atom. The van der Waals surface area contributed by atoms with Gasteiger partial charge in [0.1, 0.15) is 0 Å². The van der Waals surface area contributed by atoms with Crippen molar-refractivity contribution in [2.45, 2.75) is 19.2 Å². The summed E-state index contributed by atoms with van der Waals surface area (Å²) < 4.78 is 4.90. The lowest BCUT2D eigenvalue weighted by molar-refractivity contribution is -0.385. The molecule has 0 aliphatic heterocycles. The van der Waals surface area contributed by atoms with Gasteiger partial charge >= 0.3 is 5.97 Å². The number of aryl methyl sites for hydroxylation is 1. The third-order valence-corrected chi connectivity index (χ3v) is 2.86. The van der Waals surface area contributed by atoms with E-state index < -0.39 is 10.9 Å². The fourth-order valence-electron chi connectivity index (χ4n) is 1.45. The van der Waals surface area contributed by atoms with Gasteiger partial charge in [0.25, 0.3) is 5.69 Å². The number of rotatable bonds is 4. The Kier molecular flexibility index (Phi) is 4.62. The molecule has 0 radical (unpaired) electrons. The van der Waals surface area contributed by atoms with Crippen LogP contribution in [-0.4, -0.2) is 17.5 Å². The molecule has 5 nitrogen and oxygen atoms in total. The number of esters is 1. The highest BCUT2D eigenvalue weighted by atomic mass is 79.9. The molecule has 0 aliphatic rings. The summed E-state index contributed by atoms with van der Waals surface area (Å²) in [5.74, 6) is -0.458. The van der Waals surface area contributed by atoms with E-state index in [4.69, 9.17) is 4.74 Å². The summed E-state index contributed by atoms with van der Waals surface area (Å²) in [7, 11) is 0. The number of nitro benzene ring substituents is 1. The molecule has 0 aliphatic carbocycles. The molecule has 0 heterocycles. The Balaban J connectivity index is 3.28. The molecule has 0 saturated heterocycles. The number of benzene rings is 1. The molecule has 0 N–H and O–H groups in total. The molecule has 0 fully saturated rings. The van der Waals surface area contributed by atoms with Gasteiger partial charge in [-0.1, -0.05) is 15.9 Å². The van der Waals surface area contributed by atoms with Crippen molar-refractivity contribution < 1.29 is 14.5 Å². The predicted octanol–water partition coefficient (Wildman–Crippen LogP) is 2.97. The average Bonchev–Trinajstić information content (AvgIpc) is 2.28. The Morgan fingerprint density at radius 1 is 1.53 bits per heavy atom. The average molecular weight is 302 g/mol. The van der Waals surface area contributed by atoms with Crippen LogP contribution in [0.15, 0.2) is 12.1 Å². The van der Waals surface area contributed by atoms with Crippen molar-refractivity contribution in [3.05, 3.63) is 38.9 Å². The first kappa shape index (κ1) is 13.6. The number of nitrogens with zero attached hydrogens (tertiary/aromatic N) is 1. The summed E-state index contributed by atoms with van der Waals surface area (Å²) in [6.07, 6.45) is 0. The maximum Gasteiger partial charge on any atom is 0.338 e. The molecule has 0 aromatic heterocycles. The van der Waals surface area contributed by atoms with Gasteiger partial charge in [0.05, 0.1) is 17.1 Å². The molecule has 1 aromatic rings. The second kappa shape index (κ2) is 5.77. The van der Waals surface area contributed by atoms with Crippen LogP contribution in [0.1, 0.15) is 28.4 Å². The largest absolute Gasteiger partial charge is 0.462 e. The second-order valence-electron chi connectivity index (χ2n) is 3.41. The van der Waals surface area contributed by atoms with Crippen LogP contribution < -0.4 is 0 Å². The maximum absolute atomic E-state index is 11.6. The van der Waals surface area contributed by atoms with Gasteiger partial charge < -0.3 is 4.74 Å². The zero-order chi connectivity index (χ0) is 13.0. The van der Waals surface area contributed by atoms with E-state index in [1.54, 1.807) is 13.8 Å². The summed E-state index contributed by atoms with van der Waals surface area (Å²) >= 11 is 3.21. The maximum atomic E-state index is 11.6. The normalized spacial score (nSPS) is 10.1. The summed E-state index contributed by atoms with van der Waals surface area (Å²) in [6, 6.07) is 2.89. The Labute approximate surface area is 107 Å². The van der Waals surface area contributed by atoms with Crippen molar-refractivity contribution in [1.82, 2.24) is 0 Å². The molecule has 0 spiro atoms. The third kappa shape index (κ3) is 3.03. The molecule has 0 bridgehead atoms. The minimum atomic E-state index is -0.462. The second-order valence-corrected chi connectivity index (χ2v) is 3.97. The fourth-order valence-corrected chi connectivity index (χ4v) is 1.91. The zero-order valence-corrected chi connectivity index (χ0v) is 11.1. The van der Waals surface area contributed by atoms with E-state index in [-0.39, 0.29) is 12.3 Å². The van der Waals surface area contributed by atoms with Crippen LogP contribution in [0.5, 0.6) is 0 Å². The first-order valence-corrected chi connectivity index (χ1v) is 6.14. The van der Waals surface area contributed by atoms with Crippen LogP contribution in [0.3, 0.4) is 0 Å². The minimum absolute atomic E-state index is 0.00694. The lowest BCUT2D eigenvalue weighted by Crippen LogP contribution is -2.09.